The molecule has 0 spiro atoms. The fourth-order valence-corrected chi connectivity index (χ4v) is 2.40. The summed E-state index contributed by atoms with van der Waals surface area (Å²) in [6.07, 6.45) is 9.07. The van der Waals surface area contributed by atoms with Gasteiger partial charge in [0, 0.05) is 0 Å². The summed E-state index contributed by atoms with van der Waals surface area (Å²) in [6, 6.07) is 0. The topological polar surface area (TPSA) is 0 Å². The molecule has 0 heteroatoms. The van der Waals surface area contributed by atoms with E-state index in [1.807, 2.05) is 0 Å². The molecule has 0 nitrogen and oxygen atoms in total. The summed E-state index contributed by atoms with van der Waals surface area (Å²) in [5, 5.41) is 0. The molecule has 0 amide bonds. The summed E-state index contributed by atoms with van der Waals surface area (Å²) in [5.74, 6) is 1.76. The summed E-state index contributed by atoms with van der Waals surface area (Å²) >= 11 is 0. The van der Waals surface area contributed by atoms with Crippen LogP contribution in [0.3, 0.4) is 0 Å². The SMILES string of the molecule is CC(C)(C)/C=C/C1CCC(C(C)(C)C)C1. The highest BCUT2D eigenvalue weighted by atomic mass is 14.4. The van der Waals surface area contributed by atoms with Crippen molar-refractivity contribution in [3.8, 4) is 0 Å². The zero-order valence-electron chi connectivity index (χ0n) is 11.4. The van der Waals surface area contributed by atoms with Gasteiger partial charge in [0.1, 0.15) is 0 Å². The third kappa shape index (κ3) is 4.40. The Morgan fingerprint density at radius 3 is 1.93 bits per heavy atom. The van der Waals surface area contributed by atoms with Gasteiger partial charge in [-0.2, -0.15) is 0 Å². The Morgan fingerprint density at radius 1 is 0.933 bits per heavy atom. The molecule has 0 heterocycles. The van der Waals surface area contributed by atoms with E-state index < -0.39 is 0 Å². The molecular weight excluding hydrogens is 180 g/mol. The van der Waals surface area contributed by atoms with Gasteiger partial charge in [0.05, 0.1) is 0 Å². The molecule has 1 fully saturated rings. The van der Waals surface area contributed by atoms with Gasteiger partial charge in [-0.1, -0.05) is 53.7 Å². The predicted octanol–water partition coefficient (Wildman–Crippen LogP) is 5.05. The molecule has 0 bridgehead atoms. The Balaban J connectivity index is 2.48. The third-order valence-corrected chi connectivity index (χ3v) is 3.57. The fourth-order valence-electron chi connectivity index (χ4n) is 2.40. The molecule has 88 valence electrons. The van der Waals surface area contributed by atoms with Gasteiger partial charge in [-0.05, 0) is 41.9 Å². The maximum Gasteiger partial charge on any atom is -0.0203 e. The first-order valence-corrected chi connectivity index (χ1v) is 6.38. The van der Waals surface area contributed by atoms with Gasteiger partial charge in [-0.25, -0.2) is 0 Å². The van der Waals surface area contributed by atoms with Gasteiger partial charge in [0.2, 0.25) is 0 Å². The zero-order valence-corrected chi connectivity index (χ0v) is 11.4. The number of rotatable bonds is 1. The lowest BCUT2D eigenvalue weighted by molar-refractivity contribution is 0.242. The van der Waals surface area contributed by atoms with E-state index in [9.17, 15) is 0 Å². The van der Waals surface area contributed by atoms with E-state index in [0.717, 1.165) is 11.8 Å². The van der Waals surface area contributed by atoms with E-state index >= 15 is 0 Å². The van der Waals surface area contributed by atoms with Crippen molar-refractivity contribution >= 4 is 0 Å². The average molecular weight is 208 g/mol. The Kier molecular flexibility index (Phi) is 3.68. The van der Waals surface area contributed by atoms with Crippen LogP contribution in [-0.4, -0.2) is 0 Å². The highest BCUT2D eigenvalue weighted by Gasteiger charge is 2.31. The average Bonchev–Trinajstić information content (AvgIpc) is 2.45. The van der Waals surface area contributed by atoms with Gasteiger partial charge in [-0.3, -0.25) is 0 Å². The largest absolute Gasteiger partial charge is 0.0849 e. The van der Waals surface area contributed by atoms with Gasteiger partial charge in [0.15, 0.2) is 0 Å². The van der Waals surface area contributed by atoms with Crippen molar-refractivity contribution in [2.75, 3.05) is 0 Å². The minimum Gasteiger partial charge on any atom is -0.0849 e. The maximum absolute atomic E-state index is 2.46. The molecule has 1 aliphatic rings. The summed E-state index contributed by atoms with van der Waals surface area (Å²) in [5.41, 5.74) is 0.851. The summed E-state index contributed by atoms with van der Waals surface area (Å²) < 4.78 is 0. The molecule has 0 aromatic heterocycles. The van der Waals surface area contributed by atoms with E-state index in [4.69, 9.17) is 0 Å². The minimum absolute atomic E-state index is 0.347. The van der Waals surface area contributed by atoms with Crippen molar-refractivity contribution in [1.82, 2.24) is 0 Å². The fraction of sp³-hybridized carbons (Fsp3) is 0.867. The van der Waals surface area contributed by atoms with Crippen molar-refractivity contribution in [1.29, 1.82) is 0 Å². The molecule has 0 aromatic carbocycles. The Hall–Kier alpha value is -0.260. The van der Waals surface area contributed by atoms with Crippen molar-refractivity contribution in [3.63, 3.8) is 0 Å². The Morgan fingerprint density at radius 2 is 1.53 bits per heavy atom. The monoisotopic (exact) mass is 208 g/mol. The van der Waals surface area contributed by atoms with E-state index in [0.29, 0.717) is 10.8 Å². The van der Waals surface area contributed by atoms with Crippen molar-refractivity contribution in [3.05, 3.63) is 12.2 Å². The second-order valence-corrected chi connectivity index (χ2v) is 7.36. The summed E-state index contributed by atoms with van der Waals surface area (Å²) in [4.78, 5) is 0. The van der Waals surface area contributed by atoms with Crippen molar-refractivity contribution in [2.45, 2.75) is 60.8 Å². The molecule has 0 radical (unpaired) electrons. The third-order valence-electron chi connectivity index (χ3n) is 3.57. The number of hydrogen-bond acceptors (Lipinski definition) is 0. The normalized spacial score (nSPS) is 28.9. The zero-order chi connectivity index (χ0) is 11.7. The molecule has 1 rings (SSSR count). The van der Waals surface area contributed by atoms with Crippen LogP contribution in [-0.2, 0) is 0 Å². The lowest BCUT2D eigenvalue weighted by atomic mass is 9.79. The van der Waals surface area contributed by atoms with Crippen LogP contribution >= 0.6 is 0 Å². The minimum atomic E-state index is 0.347. The Labute approximate surface area is 96.2 Å². The van der Waals surface area contributed by atoms with E-state index in [2.05, 4.69) is 53.7 Å². The quantitative estimate of drug-likeness (QED) is 0.529. The molecule has 0 aliphatic heterocycles. The maximum atomic E-state index is 2.46. The van der Waals surface area contributed by atoms with Crippen molar-refractivity contribution < 1.29 is 0 Å². The standard InChI is InChI=1S/C15H28/c1-14(2,3)10-9-12-7-8-13(11-12)15(4,5)6/h9-10,12-13H,7-8,11H2,1-6H3/b10-9+. The first-order chi connectivity index (χ1) is 6.68. The summed E-state index contributed by atoms with van der Waals surface area (Å²) in [7, 11) is 0. The molecule has 0 N–H and O–H groups in total. The van der Waals surface area contributed by atoms with Crippen LogP contribution in [0.1, 0.15) is 60.8 Å². The van der Waals surface area contributed by atoms with Crippen LogP contribution in [0.25, 0.3) is 0 Å². The lowest BCUT2D eigenvalue weighted by Gasteiger charge is -2.26. The highest BCUT2D eigenvalue weighted by molar-refractivity contribution is 4.99. The predicted molar refractivity (Wildman–Crippen MR) is 68.9 cm³/mol. The van der Waals surface area contributed by atoms with Crippen LogP contribution in [0.5, 0.6) is 0 Å². The van der Waals surface area contributed by atoms with Gasteiger partial charge in [0.25, 0.3) is 0 Å². The van der Waals surface area contributed by atoms with Gasteiger partial charge >= 0.3 is 0 Å². The highest BCUT2D eigenvalue weighted by Crippen LogP contribution is 2.42. The molecule has 1 saturated carbocycles. The second kappa shape index (κ2) is 4.31. The molecule has 15 heavy (non-hydrogen) atoms. The first-order valence-electron chi connectivity index (χ1n) is 6.38. The van der Waals surface area contributed by atoms with Crippen molar-refractivity contribution in [2.24, 2.45) is 22.7 Å². The van der Waals surface area contributed by atoms with Crippen LogP contribution in [0.15, 0.2) is 12.2 Å². The Bertz CT molecular complexity index is 221. The summed E-state index contributed by atoms with van der Waals surface area (Å²) in [6.45, 7) is 14.0. The van der Waals surface area contributed by atoms with Crippen LogP contribution < -0.4 is 0 Å². The first kappa shape index (κ1) is 12.8. The van der Waals surface area contributed by atoms with Crippen LogP contribution in [0, 0.1) is 22.7 Å². The second-order valence-electron chi connectivity index (χ2n) is 7.36. The molecule has 2 atom stereocenters. The molecule has 1 aliphatic carbocycles. The van der Waals surface area contributed by atoms with Crippen LogP contribution in [0.2, 0.25) is 0 Å². The van der Waals surface area contributed by atoms with Gasteiger partial charge < -0.3 is 0 Å². The molecular formula is C15H28. The van der Waals surface area contributed by atoms with E-state index in [1.165, 1.54) is 19.3 Å². The number of hydrogen-bond donors (Lipinski definition) is 0. The molecule has 0 saturated heterocycles. The number of allylic oxidation sites excluding steroid dienone is 2. The molecule has 2 unspecified atom stereocenters. The molecule has 0 aromatic rings. The van der Waals surface area contributed by atoms with Crippen LogP contribution in [0.4, 0.5) is 0 Å². The van der Waals surface area contributed by atoms with E-state index in [-0.39, 0.29) is 0 Å². The van der Waals surface area contributed by atoms with E-state index in [1.54, 1.807) is 0 Å². The lowest BCUT2D eigenvalue weighted by Crippen LogP contribution is -2.17. The van der Waals surface area contributed by atoms with Gasteiger partial charge in [-0.15, -0.1) is 0 Å². The smallest absolute Gasteiger partial charge is 0.0203 e.